The van der Waals surface area contributed by atoms with Gasteiger partial charge in [-0.25, -0.2) is 4.21 Å². The van der Waals surface area contributed by atoms with Crippen LogP contribution in [0, 0.1) is 13.8 Å². The van der Waals surface area contributed by atoms with Crippen molar-refractivity contribution in [1.82, 2.24) is 0 Å². The van der Waals surface area contributed by atoms with Crippen LogP contribution in [0.25, 0.3) is 0 Å². The molecule has 0 bridgehead atoms. The third-order valence-electron chi connectivity index (χ3n) is 3.78. The highest BCUT2D eigenvalue weighted by Crippen LogP contribution is 2.27. The Hall–Kier alpha value is -1.85. The molecule has 0 spiro atoms. The van der Waals surface area contributed by atoms with Gasteiger partial charge in [0.15, 0.2) is 0 Å². The van der Waals surface area contributed by atoms with Crippen molar-refractivity contribution in [3.05, 3.63) is 53.6 Å². The van der Waals surface area contributed by atoms with Crippen LogP contribution < -0.4 is 9.46 Å². The van der Waals surface area contributed by atoms with E-state index in [9.17, 15) is 4.21 Å². The Kier molecular flexibility index (Phi) is 7.28. The van der Waals surface area contributed by atoms with Crippen LogP contribution in [0.4, 0.5) is 5.69 Å². The van der Waals surface area contributed by atoms with Crippen LogP contribution in [0.3, 0.4) is 0 Å². The first kappa shape index (κ1) is 18.5. The minimum absolute atomic E-state index is 0.501. The average molecular weight is 347 g/mol. The number of benzene rings is 2. The number of ether oxygens (including phenoxy) is 1. The van der Waals surface area contributed by atoms with Gasteiger partial charge in [-0.3, -0.25) is 8.91 Å². The molecule has 0 aromatic heterocycles. The highest BCUT2D eigenvalue weighted by molar-refractivity contribution is 7.81. The van der Waals surface area contributed by atoms with Gasteiger partial charge < -0.3 is 4.74 Å². The van der Waals surface area contributed by atoms with E-state index in [-0.39, 0.29) is 0 Å². The topological polar surface area (TPSA) is 47.6 Å². The summed E-state index contributed by atoms with van der Waals surface area (Å²) in [6.45, 7) is 6.73. The molecule has 130 valence electrons. The molecule has 5 heteroatoms. The smallest absolute Gasteiger partial charge is 0.261 e. The number of nitrogens with one attached hydrogen (secondary N) is 1. The van der Waals surface area contributed by atoms with Gasteiger partial charge in [-0.1, -0.05) is 31.9 Å². The van der Waals surface area contributed by atoms with E-state index in [1.807, 2.05) is 43.3 Å². The number of unbranched alkanes of at least 4 members (excludes halogenated alkanes) is 2. The van der Waals surface area contributed by atoms with E-state index in [0.717, 1.165) is 42.0 Å². The maximum atomic E-state index is 11.8. The van der Waals surface area contributed by atoms with Crippen LogP contribution in [0.5, 0.6) is 11.5 Å². The van der Waals surface area contributed by atoms with E-state index in [1.54, 1.807) is 0 Å². The molecule has 1 atom stereocenters. The SMILES string of the molecule is CCCCCOS(=O)Nc1ccc(Oc2cccc(C)c2C)cc1. The fraction of sp³-hybridized carbons (Fsp3) is 0.368. The highest BCUT2D eigenvalue weighted by atomic mass is 32.2. The molecule has 0 amide bonds. The minimum Gasteiger partial charge on any atom is -0.457 e. The zero-order valence-corrected chi connectivity index (χ0v) is 15.3. The van der Waals surface area contributed by atoms with Crippen molar-refractivity contribution >= 4 is 17.0 Å². The summed E-state index contributed by atoms with van der Waals surface area (Å²) >= 11 is -1.52. The van der Waals surface area contributed by atoms with E-state index < -0.39 is 11.3 Å². The van der Waals surface area contributed by atoms with Gasteiger partial charge in [-0.15, -0.1) is 0 Å². The number of aryl methyl sites for hydroxylation is 1. The van der Waals surface area contributed by atoms with Gasteiger partial charge in [0.2, 0.25) is 0 Å². The lowest BCUT2D eigenvalue weighted by Crippen LogP contribution is -2.09. The zero-order valence-electron chi connectivity index (χ0n) is 14.5. The number of hydrogen-bond acceptors (Lipinski definition) is 3. The number of hydrogen-bond donors (Lipinski definition) is 1. The molecule has 0 saturated carbocycles. The van der Waals surface area contributed by atoms with E-state index in [0.29, 0.717) is 6.61 Å². The molecule has 0 aliphatic heterocycles. The van der Waals surface area contributed by atoms with Gasteiger partial charge in [0.1, 0.15) is 11.5 Å². The molecule has 0 fully saturated rings. The molecule has 0 aliphatic rings. The molecule has 0 saturated heterocycles. The lowest BCUT2D eigenvalue weighted by molar-refractivity contribution is 0.337. The Balaban J connectivity index is 1.88. The van der Waals surface area contributed by atoms with E-state index in [4.69, 9.17) is 8.92 Å². The minimum atomic E-state index is -1.52. The van der Waals surface area contributed by atoms with Crippen molar-refractivity contribution in [2.75, 3.05) is 11.3 Å². The van der Waals surface area contributed by atoms with Crippen LogP contribution in [0.1, 0.15) is 37.3 Å². The Labute approximate surface area is 147 Å². The first-order valence-corrected chi connectivity index (χ1v) is 9.33. The normalized spacial score (nSPS) is 12.0. The fourth-order valence-electron chi connectivity index (χ4n) is 2.17. The zero-order chi connectivity index (χ0) is 17.4. The third kappa shape index (κ3) is 5.65. The van der Waals surface area contributed by atoms with Crippen molar-refractivity contribution in [1.29, 1.82) is 0 Å². The molecule has 1 unspecified atom stereocenters. The van der Waals surface area contributed by atoms with Crippen LogP contribution in [0.2, 0.25) is 0 Å². The maximum absolute atomic E-state index is 11.8. The first-order chi connectivity index (χ1) is 11.6. The van der Waals surface area contributed by atoms with Gasteiger partial charge in [-0.05, 0) is 61.7 Å². The second-order valence-corrected chi connectivity index (χ2v) is 6.60. The largest absolute Gasteiger partial charge is 0.457 e. The van der Waals surface area contributed by atoms with Crippen LogP contribution in [-0.4, -0.2) is 10.8 Å². The second-order valence-electron chi connectivity index (χ2n) is 5.69. The molecule has 0 aliphatic carbocycles. The van der Waals surface area contributed by atoms with Crippen LogP contribution in [-0.2, 0) is 15.4 Å². The molecule has 1 N–H and O–H groups in total. The maximum Gasteiger partial charge on any atom is 0.261 e. The third-order valence-corrected chi connectivity index (χ3v) is 4.56. The standard InChI is InChI=1S/C19H25NO3S/c1-4-5-6-14-22-24(21)20-17-10-12-18(13-11-17)23-19-9-7-8-15(2)16(19)3/h7-13,20H,4-6,14H2,1-3H3. The predicted molar refractivity (Wildman–Crippen MR) is 99.7 cm³/mol. The quantitative estimate of drug-likeness (QED) is 0.627. The van der Waals surface area contributed by atoms with Gasteiger partial charge >= 0.3 is 0 Å². The van der Waals surface area contributed by atoms with Gasteiger partial charge in [-0.2, -0.15) is 0 Å². The lowest BCUT2D eigenvalue weighted by Gasteiger charge is -2.11. The second kappa shape index (κ2) is 9.45. The molecule has 2 aromatic rings. The Morgan fingerprint density at radius 3 is 2.50 bits per heavy atom. The van der Waals surface area contributed by atoms with Crippen molar-refractivity contribution < 1.29 is 13.1 Å². The van der Waals surface area contributed by atoms with E-state index >= 15 is 0 Å². The van der Waals surface area contributed by atoms with Gasteiger partial charge in [0, 0.05) is 5.69 Å². The molecule has 0 heterocycles. The molecular formula is C19H25NO3S. The summed E-state index contributed by atoms with van der Waals surface area (Å²) in [4.78, 5) is 0. The Morgan fingerprint density at radius 1 is 1.04 bits per heavy atom. The lowest BCUT2D eigenvalue weighted by atomic mass is 10.1. The summed E-state index contributed by atoms with van der Waals surface area (Å²) < 4.78 is 25.7. The van der Waals surface area contributed by atoms with Crippen molar-refractivity contribution in [3.8, 4) is 11.5 Å². The Morgan fingerprint density at radius 2 is 1.79 bits per heavy atom. The summed E-state index contributed by atoms with van der Waals surface area (Å²) in [5.74, 6) is 1.59. The van der Waals surface area contributed by atoms with E-state index in [1.165, 1.54) is 5.56 Å². The Bertz CT molecular complexity index is 671. The van der Waals surface area contributed by atoms with Gasteiger partial charge in [0.25, 0.3) is 11.3 Å². The average Bonchev–Trinajstić information content (AvgIpc) is 2.58. The molecule has 4 nitrogen and oxygen atoms in total. The van der Waals surface area contributed by atoms with Crippen LogP contribution in [0.15, 0.2) is 42.5 Å². The first-order valence-electron chi connectivity index (χ1n) is 8.26. The van der Waals surface area contributed by atoms with Gasteiger partial charge in [0.05, 0.1) is 6.61 Å². The fourth-order valence-corrected chi connectivity index (χ4v) is 2.82. The summed E-state index contributed by atoms with van der Waals surface area (Å²) in [5.41, 5.74) is 3.06. The van der Waals surface area contributed by atoms with Crippen molar-refractivity contribution in [2.45, 2.75) is 40.0 Å². The summed E-state index contributed by atoms with van der Waals surface area (Å²) in [6, 6.07) is 13.3. The molecule has 2 aromatic carbocycles. The van der Waals surface area contributed by atoms with Crippen LogP contribution >= 0.6 is 0 Å². The number of anilines is 1. The van der Waals surface area contributed by atoms with Crippen molar-refractivity contribution in [3.63, 3.8) is 0 Å². The number of rotatable bonds is 9. The van der Waals surface area contributed by atoms with E-state index in [2.05, 4.69) is 24.6 Å². The molecule has 24 heavy (non-hydrogen) atoms. The monoisotopic (exact) mass is 347 g/mol. The summed E-state index contributed by atoms with van der Waals surface area (Å²) in [5, 5.41) is 0. The van der Waals surface area contributed by atoms with Crippen molar-refractivity contribution in [2.24, 2.45) is 0 Å². The molecule has 0 radical (unpaired) electrons. The summed E-state index contributed by atoms with van der Waals surface area (Å²) in [6.07, 6.45) is 3.12. The molecular weight excluding hydrogens is 322 g/mol. The highest BCUT2D eigenvalue weighted by Gasteiger charge is 2.05. The summed E-state index contributed by atoms with van der Waals surface area (Å²) in [7, 11) is 0. The molecule has 2 rings (SSSR count). The predicted octanol–water partition coefficient (Wildman–Crippen LogP) is 5.29.